The van der Waals surface area contributed by atoms with E-state index in [1.165, 1.54) is 34.0 Å². The minimum absolute atomic E-state index is 0.229. The lowest BCUT2D eigenvalue weighted by Gasteiger charge is -2.18. The van der Waals surface area contributed by atoms with E-state index in [4.69, 9.17) is 0 Å². The molecular formula is C20H24N2O2S. The van der Waals surface area contributed by atoms with Crippen LogP contribution in [0.1, 0.15) is 39.5 Å². The Balaban J connectivity index is 2.01. The van der Waals surface area contributed by atoms with Crippen molar-refractivity contribution in [3.8, 4) is 0 Å². The average molecular weight is 356 g/mol. The summed E-state index contributed by atoms with van der Waals surface area (Å²) < 4.78 is 0. The Kier molecular flexibility index (Phi) is 6.26. The van der Waals surface area contributed by atoms with Crippen LogP contribution in [0, 0.1) is 27.7 Å². The standard InChI is InChI=1S/C20H24N2O2S/c1-12-11-13(2)15(4)18(14(12)3)25-16(5)19(23)21-22-20(24)17-9-7-6-8-10-17/h6-11,16H,1-5H3,(H,21,23)(H,22,24)/t16-/m0/s1. The van der Waals surface area contributed by atoms with Crippen molar-refractivity contribution in [2.24, 2.45) is 0 Å². The molecule has 0 aliphatic rings. The zero-order chi connectivity index (χ0) is 18.6. The number of benzene rings is 2. The number of hydrazine groups is 1. The van der Waals surface area contributed by atoms with Gasteiger partial charge in [0.05, 0.1) is 5.25 Å². The first kappa shape index (κ1) is 19.1. The smallest absolute Gasteiger partial charge is 0.269 e. The lowest BCUT2D eigenvalue weighted by molar-refractivity contribution is -0.121. The van der Waals surface area contributed by atoms with Crippen LogP contribution in [0.2, 0.25) is 0 Å². The molecule has 0 fully saturated rings. The van der Waals surface area contributed by atoms with Gasteiger partial charge in [-0.3, -0.25) is 20.4 Å². The highest BCUT2D eigenvalue weighted by Crippen LogP contribution is 2.33. The fraction of sp³-hybridized carbons (Fsp3) is 0.300. The number of thioether (sulfide) groups is 1. The molecule has 0 saturated heterocycles. The van der Waals surface area contributed by atoms with Crippen LogP contribution in [0.4, 0.5) is 0 Å². The number of hydrogen-bond acceptors (Lipinski definition) is 3. The van der Waals surface area contributed by atoms with Crippen molar-refractivity contribution in [1.82, 2.24) is 10.9 Å². The molecule has 2 N–H and O–H groups in total. The van der Waals surface area contributed by atoms with Gasteiger partial charge >= 0.3 is 0 Å². The van der Waals surface area contributed by atoms with Crippen molar-refractivity contribution in [2.75, 3.05) is 0 Å². The monoisotopic (exact) mass is 356 g/mol. The van der Waals surface area contributed by atoms with Gasteiger partial charge < -0.3 is 0 Å². The van der Waals surface area contributed by atoms with Crippen molar-refractivity contribution in [3.63, 3.8) is 0 Å². The van der Waals surface area contributed by atoms with Gasteiger partial charge in [-0.2, -0.15) is 0 Å². The van der Waals surface area contributed by atoms with Crippen LogP contribution in [0.5, 0.6) is 0 Å². The molecule has 132 valence electrons. The Morgan fingerprint density at radius 2 is 1.48 bits per heavy atom. The topological polar surface area (TPSA) is 58.2 Å². The fourth-order valence-electron chi connectivity index (χ4n) is 2.47. The van der Waals surface area contributed by atoms with E-state index in [9.17, 15) is 9.59 Å². The molecule has 2 amide bonds. The quantitative estimate of drug-likeness (QED) is 0.646. The van der Waals surface area contributed by atoms with Gasteiger partial charge in [0.2, 0.25) is 0 Å². The number of rotatable bonds is 4. The minimum Gasteiger partial charge on any atom is -0.272 e. The van der Waals surface area contributed by atoms with Crippen molar-refractivity contribution < 1.29 is 9.59 Å². The van der Waals surface area contributed by atoms with Crippen LogP contribution in [0.3, 0.4) is 0 Å². The summed E-state index contributed by atoms with van der Waals surface area (Å²) in [5, 5.41) is -0.324. The summed E-state index contributed by atoms with van der Waals surface area (Å²) >= 11 is 1.52. The third-order valence-corrected chi connectivity index (χ3v) is 5.71. The molecule has 0 radical (unpaired) electrons. The van der Waals surface area contributed by atoms with Crippen molar-refractivity contribution >= 4 is 23.6 Å². The van der Waals surface area contributed by atoms with E-state index in [1.807, 2.05) is 13.0 Å². The van der Waals surface area contributed by atoms with E-state index in [2.05, 4.69) is 44.6 Å². The first-order chi connectivity index (χ1) is 11.8. The van der Waals surface area contributed by atoms with E-state index in [0.29, 0.717) is 5.56 Å². The highest BCUT2D eigenvalue weighted by molar-refractivity contribution is 8.00. The highest BCUT2D eigenvalue weighted by atomic mass is 32.2. The van der Waals surface area contributed by atoms with Crippen LogP contribution in [0.25, 0.3) is 0 Å². The second-order valence-corrected chi connectivity index (χ2v) is 7.51. The average Bonchev–Trinajstić information content (AvgIpc) is 2.61. The van der Waals surface area contributed by atoms with E-state index in [0.717, 1.165) is 4.90 Å². The third-order valence-electron chi connectivity index (χ3n) is 4.30. The van der Waals surface area contributed by atoms with Gasteiger partial charge in [-0.1, -0.05) is 24.3 Å². The van der Waals surface area contributed by atoms with Crippen LogP contribution < -0.4 is 10.9 Å². The molecule has 4 nitrogen and oxygen atoms in total. The van der Waals surface area contributed by atoms with Gasteiger partial charge in [0.15, 0.2) is 0 Å². The predicted octanol–water partition coefficient (Wildman–Crippen LogP) is 3.86. The Hall–Kier alpha value is -2.27. The molecule has 0 bridgehead atoms. The number of carbonyl (C=O) groups excluding carboxylic acids is 2. The number of hydrogen-bond donors (Lipinski definition) is 2. The summed E-state index contributed by atoms with van der Waals surface area (Å²) in [6.07, 6.45) is 0. The van der Waals surface area contributed by atoms with Gasteiger partial charge in [0.25, 0.3) is 11.8 Å². The summed E-state index contributed by atoms with van der Waals surface area (Å²) in [7, 11) is 0. The molecule has 2 aromatic rings. The number of amides is 2. The Labute approximate surface area is 153 Å². The van der Waals surface area contributed by atoms with Crippen molar-refractivity contribution in [1.29, 1.82) is 0 Å². The highest BCUT2D eigenvalue weighted by Gasteiger charge is 2.19. The molecule has 25 heavy (non-hydrogen) atoms. The van der Waals surface area contributed by atoms with E-state index < -0.39 is 0 Å². The molecule has 2 aromatic carbocycles. The van der Waals surface area contributed by atoms with E-state index >= 15 is 0 Å². The Morgan fingerprint density at radius 1 is 0.920 bits per heavy atom. The van der Waals surface area contributed by atoms with Gasteiger partial charge in [-0.05, 0) is 69.0 Å². The largest absolute Gasteiger partial charge is 0.272 e. The lowest BCUT2D eigenvalue weighted by atomic mass is 10.0. The molecule has 0 aliphatic carbocycles. The summed E-state index contributed by atoms with van der Waals surface area (Å²) in [6, 6.07) is 11.0. The first-order valence-corrected chi connectivity index (χ1v) is 9.08. The van der Waals surface area contributed by atoms with Crippen LogP contribution in [-0.2, 0) is 4.79 Å². The molecule has 0 heterocycles. The maximum atomic E-state index is 12.3. The molecule has 0 aromatic heterocycles. The molecule has 1 atom stereocenters. The van der Waals surface area contributed by atoms with Crippen molar-refractivity contribution in [3.05, 3.63) is 64.2 Å². The number of carbonyl (C=O) groups is 2. The molecule has 0 aliphatic heterocycles. The molecule has 2 rings (SSSR count). The van der Waals surface area contributed by atoms with Gasteiger partial charge in [0.1, 0.15) is 0 Å². The molecule has 0 spiro atoms. The summed E-state index contributed by atoms with van der Waals surface area (Å²) in [5.74, 6) is -0.558. The maximum Gasteiger partial charge on any atom is 0.269 e. The summed E-state index contributed by atoms with van der Waals surface area (Å²) in [4.78, 5) is 25.5. The minimum atomic E-state index is -0.329. The number of aryl methyl sites for hydroxylation is 2. The Morgan fingerprint density at radius 3 is 2.04 bits per heavy atom. The molecule has 5 heteroatoms. The van der Waals surface area contributed by atoms with Gasteiger partial charge in [0, 0.05) is 10.5 Å². The zero-order valence-electron chi connectivity index (χ0n) is 15.3. The fourth-order valence-corrected chi connectivity index (χ4v) is 3.66. The van der Waals surface area contributed by atoms with E-state index in [-0.39, 0.29) is 17.1 Å². The molecule has 0 saturated carbocycles. The van der Waals surface area contributed by atoms with Crippen LogP contribution in [0.15, 0.2) is 41.3 Å². The SMILES string of the molecule is Cc1cc(C)c(C)c(S[C@@H](C)C(=O)NNC(=O)c2ccccc2)c1C. The Bertz CT molecular complexity index is 762. The maximum absolute atomic E-state index is 12.3. The second kappa shape index (κ2) is 8.21. The summed E-state index contributed by atoms with van der Waals surface area (Å²) in [5.41, 5.74) is 10.3. The predicted molar refractivity (Wildman–Crippen MR) is 103 cm³/mol. The van der Waals surface area contributed by atoms with Gasteiger partial charge in [-0.15, -0.1) is 11.8 Å². The molecular weight excluding hydrogens is 332 g/mol. The van der Waals surface area contributed by atoms with Crippen LogP contribution >= 0.6 is 11.8 Å². The zero-order valence-corrected chi connectivity index (χ0v) is 16.1. The third kappa shape index (κ3) is 4.63. The van der Waals surface area contributed by atoms with Crippen LogP contribution in [-0.4, -0.2) is 17.1 Å². The lowest BCUT2D eigenvalue weighted by Crippen LogP contribution is -2.44. The second-order valence-electron chi connectivity index (χ2n) is 6.16. The van der Waals surface area contributed by atoms with Crippen molar-refractivity contribution in [2.45, 2.75) is 44.8 Å². The summed E-state index contributed by atoms with van der Waals surface area (Å²) in [6.45, 7) is 10.1. The number of nitrogens with one attached hydrogen (secondary N) is 2. The molecule has 0 unspecified atom stereocenters. The van der Waals surface area contributed by atoms with Gasteiger partial charge in [-0.25, -0.2) is 0 Å². The van der Waals surface area contributed by atoms with E-state index in [1.54, 1.807) is 24.3 Å². The first-order valence-electron chi connectivity index (χ1n) is 8.20. The normalized spacial score (nSPS) is 11.7.